The fourth-order valence-corrected chi connectivity index (χ4v) is 1.64. The number of fused-ring (bicyclic) bond motifs is 1. The van der Waals surface area contributed by atoms with Crippen LogP contribution in [0.5, 0.6) is 0 Å². The molecule has 1 aromatic carbocycles. The van der Waals surface area contributed by atoms with Crippen LogP contribution in [0, 0.1) is 13.8 Å². The van der Waals surface area contributed by atoms with Crippen molar-refractivity contribution in [1.29, 1.82) is 0 Å². The van der Waals surface area contributed by atoms with Crippen molar-refractivity contribution in [2.75, 3.05) is 7.05 Å². The molecule has 0 saturated heterocycles. The average molecular weight is 190 g/mol. The van der Waals surface area contributed by atoms with Gasteiger partial charge in [0.2, 0.25) is 5.89 Å². The zero-order valence-corrected chi connectivity index (χ0v) is 8.72. The second-order valence-corrected chi connectivity index (χ2v) is 3.57. The Morgan fingerprint density at radius 3 is 2.86 bits per heavy atom. The molecule has 0 fully saturated rings. The van der Waals surface area contributed by atoms with Crippen LogP contribution in [0.1, 0.15) is 17.0 Å². The van der Waals surface area contributed by atoms with E-state index in [0.717, 1.165) is 17.0 Å². The van der Waals surface area contributed by atoms with Gasteiger partial charge in [-0.3, -0.25) is 0 Å². The largest absolute Gasteiger partial charge is 0.439 e. The summed E-state index contributed by atoms with van der Waals surface area (Å²) in [6, 6.07) is 4.14. The molecule has 0 spiro atoms. The van der Waals surface area contributed by atoms with Crippen molar-refractivity contribution in [1.82, 2.24) is 10.3 Å². The minimum atomic E-state index is 0.674. The molecule has 0 radical (unpaired) electrons. The van der Waals surface area contributed by atoms with E-state index in [1.165, 1.54) is 11.1 Å². The number of aromatic nitrogens is 1. The van der Waals surface area contributed by atoms with Crippen LogP contribution in [0.25, 0.3) is 11.1 Å². The highest BCUT2D eigenvalue weighted by molar-refractivity contribution is 5.77. The van der Waals surface area contributed by atoms with Crippen LogP contribution in [0.3, 0.4) is 0 Å². The van der Waals surface area contributed by atoms with Crippen molar-refractivity contribution >= 4 is 11.1 Å². The predicted molar refractivity (Wildman–Crippen MR) is 56.2 cm³/mol. The number of rotatable bonds is 2. The predicted octanol–water partition coefficient (Wildman–Crippen LogP) is 2.16. The number of benzene rings is 1. The Bertz CT molecular complexity index is 460. The van der Waals surface area contributed by atoms with Crippen LogP contribution in [-0.2, 0) is 6.54 Å². The molecule has 2 rings (SSSR count). The van der Waals surface area contributed by atoms with Crippen LogP contribution >= 0.6 is 0 Å². The first-order valence-electron chi connectivity index (χ1n) is 4.72. The second kappa shape index (κ2) is 3.42. The molecule has 0 aliphatic heterocycles. The molecule has 0 aliphatic carbocycles. The molecule has 14 heavy (non-hydrogen) atoms. The van der Waals surface area contributed by atoms with Crippen molar-refractivity contribution in [3.05, 3.63) is 29.2 Å². The van der Waals surface area contributed by atoms with Crippen molar-refractivity contribution in [2.24, 2.45) is 0 Å². The Balaban J connectivity index is 2.58. The van der Waals surface area contributed by atoms with Gasteiger partial charge in [-0.2, -0.15) is 0 Å². The van der Waals surface area contributed by atoms with E-state index >= 15 is 0 Å². The molecule has 2 aromatic rings. The molecule has 0 saturated carbocycles. The van der Waals surface area contributed by atoms with Crippen LogP contribution in [0.4, 0.5) is 0 Å². The van der Waals surface area contributed by atoms with E-state index in [0.29, 0.717) is 6.54 Å². The van der Waals surface area contributed by atoms with Crippen molar-refractivity contribution in [3.8, 4) is 0 Å². The first-order valence-corrected chi connectivity index (χ1v) is 4.72. The van der Waals surface area contributed by atoms with Gasteiger partial charge in [0.05, 0.1) is 6.54 Å². The number of oxazole rings is 1. The standard InChI is InChI=1S/C11H14N2O/c1-7-4-8(2)11-9(5-7)14-10(13-11)6-12-3/h4-5,12H,6H2,1-3H3. The molecule has 0 aliphatic rings. The maximum absolute atomic E-state index is 5.60. The third kappa shape index (κ3) is 1.51. The van der Waals surface area contributed by atoms with Gasteiger partial charge in [0.15, 0.2) is 5.58 Å². The molecule has 1 N–H and O–H groups in total. The van der Waals surface area contributed by atoms with Crippen LogP contribution in [0.2, 0.25) is 0 Å². The Labute approximate surface area is 83.1 Å². The molecule has 0 bridgehead atoms. The van der Waals surface area contributed by atoms with E-state index < -0.39 is 0 Å². The number of hydrogen-bond donors (Lipinski definition) is 1. The quantitative estimate of drug-likeness (QED) is 0.788. The molecule has 1 aromatic heterocycles. The molecule has 3 heteroatoms. The Morgan fingerprint density at radius 1 is 1.36 bits per heavy atom. The van der Waals surface area contributed by atoms with E-state index in [4.69, 9.17) is 4.42 Å². The van der Waals surface area contributed by atoms with E-state index in [2.05, 4.69) is 30.2 Å². The normalized spacial score (nSPS) is 11.1. The zero-order valence-electron chi connectivity index (χ0n) is 8.72. The van der Waals surface area contributed by atoms with Gasteiger partial charge in [-0.15, -0.1) is 0 Å². The number of hydrogen-bond acceptors (Lipinski definition) is 3. The summed E-state index contributed by atoms with van der Waals surface area (Å²) < 4.78 is 5.60. The third-order valence-electron chi connectivity index (χ3n) is 2.20. The molecule has 0 amide bonds. The maximum atomic E-state index is 5.60. The van der Waals surface area contributed by atoms with Crippen molar-refractivity contribution < 1.29 is 4.42 Å². The molecule has 0 atom stereocenters. The molecule has 1 heterocycles. The number of nitrogens with zero attached hydrogens (tertiary/aromatic N) is 1. The van der Waals surface area contributed by atoms with Gasteiger partial charge < -0.3 is 9.73 Å². The van der Waals surface area contributed by atoms with Gasteiger partial charge in [0.1, 0.15) is 5.52 Å². The Kier molecular flexibility index (Phi) is 2.25. The smallest absolute Gasteiger partial charge is 0.209 e. The first-order chi connectivity index (χ1) is 6.70. The summed E-state index contributed by atoms with van der Waals surface area (Å²) in [5.74, 6) is 0.746. The van der Waals surface area contributed by atoms with Gasteiger partial charge in [0, 0.05) is 0 Å². The average Bonchev–Trinajstić information content (AvgIpc) is 2.48. The summed E-state index contributed by atoms with van der Waals surface area (Å²) in [4.78, 5) is 4.41. The Morgan fingerprint density at radius 2 is 2.14 bits per heavy atom. The second-order valence-electron chi connectivity index (χ2n) is 3.57. The Hall–Kier alpha value is -1.35. The summed E-state index contributed by atoms with van der Waals surface area (Å²) >= 11 is 0. The fraction of sp³-hybridized carbons (Fsp3) is 0.364. The van der Waals surface area contributed by atoms with Gasteiger partial charge in [-0.25, -0.2) is 4.98 Å². The van der Waals surface area contributed by atoms with Gasteiger partial charge in [-0.1, -0.05) is 6.07 Å². The molecule has 3 nitrogen and oxygen atoms in total. The first kappa shape index (κ1) is 9.21. The lowest BCUT2D eigenvalue weighted by Gasteiger charge is -1.94. The topological polar surface area (TPSA) is 38.1 Å². The highest BCUT2D eigenvalue weighted by Gasteiger charge is 2.07. The van der Waals surface area contributed by atoms with Crippen LogP contribution < -0.4 is 5.32 Å². The summed E-state index contributed by atoms with van der Waals surface area (Å²) in [6.07, 6.45) is 0. The van der Waals surface area contributed by atoms with Gasteiger partial charge in [0.25, 0.3) is 0 Å². The lowest BCUT2D eigenvalue weighted by molar-refractivity contribution is 0.511. The number of aryl methyl sites for hydroxylation is 2. The van der Waals surface area contributed by atoms with Crippen molar-refractivity contribution in [3.63, 3.8) is 0 Å². The highest BCUT2D eigenvalue weighted by atomic mass is 16.3. The summed E-state index contributed by atoms with van der Waals surface area (Å²) in [7, 11) is 1.88. The zero-order chi connectivity index (χ0) is 10.1. The van der Waals surface area contributed by atoms with E-state index in [-0.39, 0.29) is 0 Å². The summed E-state index contributed by atoms with van der Waals surface area (Å²) in [5, 5.41) is 3.02. The lowest BCUT2D eigenvalue weighted by Crippen LogP contribution is -2.04. The van der Waals surface area contributed by atoms with Crippen LogP contribution in [0.15, 0.2) is 16.5 Å². The lowest BCUT2D eigenvalue weighted by atomic mass is 10.1. The monoisotopic (exact) mass is 190 g/mol. The van der Waals surface area contributed by atoms with Crippen molar-refractivity contribution in [2.45, 2.75) is 20.4 Å². The summed E-state index contributed by atoms with van der Waals surface area (Å²) in [6.45, 7) is 4.79. The van der Waals surface area contributed by atoms with E-state index in [1.54, 1.807) is 0 Å². The van der Waals surface area contributed by atoms with E-state index in [9.17, 15) is 0 Å². The minimum Gasteiger partial charge on any atom is -0.439 e. The van der Waals surface area contributed by atoms with Crippen LogP contribution in [-0.4, -0.2) is 12.0 Å². The maximum Gasteiger partial charge on any atom is 0.209 e. The minimum absolute atomic E-state index is 0.674. The molecular formula is C11H14N2O. The SMILES string of the molecule is CNCc1nc2c(C)cc(C)cc2o1. The third-order valence-corrected chi connectivity index (χ3v) is 2.20. The fourth-order valence-electron chi connectivity index (χ4n) is 1.64. The highest BCUT2D eigenvalue weighted by Crippen LogP contribution is 2.20. The molecule has 74 valence electrons. The molecular weight excluding hydrogens is 176 g/mol. The van der Waals surface area contributed by atoms with Gasteiger partial charge >= 0.3 is 0 Å². The molecule has 0 unspecified atom stereocenters. The van der Waals surface area contributed by atoms with E-state index in [1.807, 2.05) is 13.1 Å². The summed E-state index contributed by atoms with van der Waals surface area (Å²) in [5.41, 5.74) is 4.24. The number of nitrogens with one attached hydrogen (secondary N) is 1. The van der Waals surface area contributed by atoms with Gasteiger partial charge in [-0.05, 0) is 38.1 Å².